The van der Waals surface area contributed by atoms with Crippen LogP contribution in [0.3, 0.4) is 0 Å². The van der Waals surface area contributed by atoms with Crippen molar-refractivity contribution in [2.75, 3.05) is 12.8 Å². The third-order valence-corrected chi connectivity index (χ3v) is 1.35. The Morgan fingerprint density at radius 2 is 1.77 bits per heavy atom. The van der Waals surface area contributed by atoms with Crippen LogP contribution in [0.15, 0.2) is 6.07 Å². The molecule has 0 aliphatic heterocycles. The number of benzene rings is 1. The second kappa shape index (κ2) is 4.23. The van der Waals surface area contributed by atoms with Gasteiger partial charge in [0.25, 0.3) is 0 Å². The van der Waals surface area contributed by atoms with E-state index in [4.69, 9.17) is 5.73 Å². The number of anilines is 1. The fourth-order valence-electron chi connectivity index (χ4n) is 0.778. The van der Waals surface area contributed by atoms with Crippen LogP contribution in [-0.4, -0.2) is 7.11 Å². The topological polar surface area (TPSA) is 35.2 Å². The summed E-state index contributed by atoms with van der Waals surface area (Å²) < 4.78 is 42.2. The van der Waals surface area contributed by atoms with Gasteiger partial charge in [-0.1, -0.05) is 0 Å². The largest absolute Gasteiger partial charge is 0.491 e. The maximum atomic E-state index is 12.8. The molecule has 0 amide bonds. The minimum absolute atomic E-state index is 0. The summed E-state index contributed by atoms with van der Waals surface area (Å²) in [6.45, 7) is 0. The Hall–Kier alpha value is -1.10. The first-order valence-electron chi connectivity index (χ1n) is 3.05. The van der Waals surface area contributed by atoms with E-state index in [2.05, 4.69) is 4.74 Å². The number of hydrogen-bond donors (Lipinski definition) is 1. The molecule has 0 aliphatic carbocycles. The van der Waals surface area contributed by atoms with E-state index in [0.717, 1.165) is 7.11 Å². The molecule has 0 spiro atoms. The maximum absolute atomic E-state index is 12.8. The fraction of sp³-hybridized carbons (Fsp3) is 0.143. The minimum atomic E-state index is -1.37. The van der Waals surface area contributed by atoms with Gasteiger partial charge in [0, 0.05) is 6.07 Å². The van der Waals surface area contributed by atoms with Gasteiger partial charge in [0.2, 0.25) is 5.82 Å². The Morgan fingerprint density at radius 3 is 2.23 bits per heavy atom. The van der Waals surface area contributed by atoms with Crippen molar-refractivity contribution in [2.24, 2.45) is 0 Å². The second-order valence-electron chi connectivity index (χ2n) is 2.11. The number of methoxy groups -OCH3 is 1. The van der Waals surface area contributed by atoms with Crippen molar-refractivity contribution in [1.82, 2.24) is 0 Å². The van der Waals surface area contributed by atoms with E-state index >= 15 is 0 Å². The summed E-state index contributed by atoms with van der Waals surface area (Å²) in [4.78, 5) is 0. The molecule has 2 nitrogen and oxygen atoms in total. The summed E-state index contributed by atoms with van der Waals surface area (Å²) >= 11 is 0. The number of nitrogen functional groups attached to an aromatic ring is 1. The Bertz CT molecular complexity index is 293. The number of nitrogens with two attached hydrogens (primary N) is 1. The highest BCUT2D eigenvalue weighted by atomic mass is 35.5. The first-order valence-corrected chi connectivity index (χ1v) is 3.05. The zero-order valence-corrected chi connectivity index (χ0v) is 7.42. The molecule has 1 aromatic rings. The summed E-state index contributed by atoms with van der Waals surface area (Å²) in [5.74, 6) is -4.49. The molecule has 0 heterocycles. The van der Waals surface area contributed by atoms with Gasteiger partial charge >= 0.3 is 0 Å². The summed E-state index contributed by atoms with van der Waals surface area (Å²) in [7, 11) is 1.03. The van der Waals surface area contributed by atoms with Crippen LogP contribution in [0.4, 0.5) is 18.9 Å². The molecular formula is C7H7ClF3NO. The molecule has 0 bridgehead atoms. The average molecular weight is 214 g/mol. The molecule has 0 aliphatic rings. The summed E-state index contributed by atoms with van der Waals surface area (Å²) in [5, 5.41) is 0. The van der Waals surface area contributed by atoms with E-state index < -0.39 is 28.9 Å². The molecule has 13 heavy (non-hydrogen) atoms. The van der Waals surface area contributed by atoms with Gasteiger partial charge in [-0.15, -0.1) is 12.4 Å². The van der Waals surface area contributed by atoms with E-state index in [1.807, 2.05) is 0 Å². The number of rotatable bonds is 1. The summed E-state index contributed by atoms with van der Waals surface area (Å²) in [5.41, 5.74) is 4.52. The third-order valence-electron chi connectivity index (χ3n) is 1.35. The number of halogens is 4. The summed E-state index contributed by atoms with van der Waals surface area (Å²) in [6, 6.07) is 0.563. The van der Waals surface area contributed by atoms with E-state index in [0.29, 0.717) is 6.07 Å². The molecule has 0 atom stereocenters. The predicted molar refractivity (Wildman–Crippen MR) is 44.5 cm³/mol. The molecule has 0 unspecified atom stereocenters. The van der Waals surface area contributed by atoms with Crippen LogP contribution in [0.5, 0.6) is 5.75 Å². The van der Waals surface area contributed by atoms with Crippen molar-refractivity contribution in [1.29, 1.82) is 0 Å². The lowest BCUT2D eigenvalue weighted by molar-refractivity contribution is 0.348. The predicted octanol–water partition coefficient (Wildman–Crippen LogP) is 2.12. The molecule has 0 saturated heterocycles. The SMILES string of the molecule is COc1c(F)c(N)cc(F)c1F.Cl. The zero-order chi connectivity index (χ0) is 9.30. The van der Waals surface area contributed by atoms with Crippen molar-refractivity contribution in [2.45, 2.75) is 0 Å². The molecule has 0 aromatic heterocycles. The van der Waals surface area contributed by atoms with E-state index in [-0.39, 0.29) is 12.4 Å². The van der Waals surface area contributed by atoms with Gasteiger partial charge in [0.1, 0.15) is 0 Å². The lowest BCUT2D eigenvalue weighted by Crippen LogP contribution is -2.00. The first kappa shape index (κ1) is 11.9. The molecule has 0 fully saturated rings. The Labute approximate surface area is 78.9 Å². The molecule has 1 rings (SSSR count). The standard InChI is InChI=1S/C7H6F3NO.ClH/c1-12-7-5(9)3(8)2-4(11)6(7)10;/h2H,11H2,1H3;1H. The second-order valence-corrected chi connectivity index (χ2v) is 2.11. The van der Waals surface area contributed by atoms with Crippen molar-refractivity contribution in [3.8, 4) is 5.75 Å². The Balaban J connectivity index is 0.00000144. The van der Waals surface area contributed by atoms with Crippen LogP contribution in [0, 0.1) is 17.5 Å². The van der Waals surface area contributed by atoms with E-state index in [1.54, 1.807) is 0 Å². The van der Waals surface area contributed by atoms with Gasteiger partial charge < -0.3 is 10.5 Å². The fourth-order valence-corrected chi connectivity index (χ4v) is 0.778. The van der Waals surface area contributed by atoms with Crippen LogP contribution < -0.4 is 10.5 Å². The van der Waals surface area contributed by atoms with E-state index in [9.17, 15) is 13.2 Å². The van der Waals surface area contributed by atoms with Gasteiger partial charge in [0.15, 0.2) is 17.4 Å². The van der Waals surface area contributed by atoms with Crippen LogP contribution in [0.25, 0.3) is 0 Å². The molecular weight excluding hydrogens is 207 g/mol. The molecule has 0 saturated carbocycles. The molecule has 6 heteroatoms. The lowest BCUT2D eigenvalue weighted by Gasteiger charge is -2.05. The quantitative estimate of drug-likeness (QED) is 0.573. The highest BCUT2D eigenvalue weighted by Gasteiger charge is 2.17. The van der Waals surface area contributed by atoms with Crippen LogP contribution in [0.1, 0.15) is 0 Å². The van der Waals surface area contributed by atoms with Crippen LogP contribution in [-0.2, 0) is 0 Å². The lowest BCUT2D eigenvalue weighted by atomic mass is 10.2. The smallest absolute Gasteiger partial charge is 0.203 e. The van der Waals surface area contributed by atoms with Crippen LogP contribution in [0.2, 0.25) is 0 Å². The highest BCUT2D eigenvalue weighted by Crippen LogP contribution is 2.27. The summed E-state index contributed by atoms with van der Waals surface area (Å²) in [6.07, 6.45) is 0. The third kappa shape index (κ3) is 1.98. The monoisotopic (exact) mass is 213 g/mol. The van der Waals surface area contributed by atoms with Crippen LogP contribution >= 0.6 is 12.4 Å². The van der Waals surface area contributed by atoms with Gasteiger partial charge in [-0.05, 0) is 0 Å². The van der Waals surface area contributed by atoms with Gasteiger partial charge in [-0.2, -0.15) is 4.39 Å². The van der Waals surface area contributed by atoms with Crippen molar-refractivity contribution >= 4 is 18.1 Å². The molecule has 0 radical (unpaired) electrons. The Morgan fingerprint density at radius 1 is 1.23 bits per heavy atom. The first-order chi connectivity index (χ1) is 5.57. The maximum Gasteiger partial charge on any atom is 0.203 e. The molecule has 74 valence electrons. The van der Waals surface area contributed by atoms with Crippen molar-refractivity contribution < 1.29 is 17.9 Å². The minimum Gasteiger partial charge on any atom is -0.491 e. The van der Waals surface area contributed by atoms with Crippen molar-refractivity contribution in [3.05, 3.63) is 23.5 Å². The Kier molecular flexibility index (Phi) is 3.87. The number of hydrogen-bond acceptors (Lipinski definition) is 2. The average Bonchev–Trinajstić information content (AvgIpc) is 2.02. The normalized spacial score (nSPS) is 9.23. The highest BCUT2D eigenvalue weighted by molar-refractivity contribution is 5.85. The van der Waals surface area contributed by atoms with Crippen molar-refractivity contribution in [3.63, 3.8) is 0 Å². The van der Waals surface area contributed by atoms with E-state index in [1.165, 1.54) is 0 Å². The zero-order valence-electron chi connectivity index (χ0n) is 6.61. The van der Waals surface area contributed by atoms with Gasteiger partial charge in [-0.3, -0.25) is 0 Å². The number of ether oxygens (including phenoxy) is 1. The van der Waals surface area contributed by atoms with Gasteiger partial charge in [-0.25, -0.2) is 8.78 Å². The molecule has 2 N–H and O–H groups in total. The molecule has 1 aromatic carbocycles. The van der Waals surface area contributed by atoms with Gasteiger partial charge in [0.05, 0.1) is 12.8 Å².